The standard InChI is InChI=1S/C12H14N4O2/c13-4-9-6-16(12(17)18-9)5-8-1-2-10-11(3-8)15-7-14-10/h1-3,7,9H,4-6,13H2,(H,14,15). The zero-order chi connectivity index (χ0) is 12.5. The first-order valence-electron chi connectivity index (χ1n) is 5.84. The zero-order valence-corrected chi connectivity index (χ0v) is 9.80. The molecule has 1 aromatic heterocycles. The number of fused-ring (bicyclic) bond motifs is 1. The summed E-state index contributed by atoms with van der Waals surface area (Å²) in [6, 6.07) is 5.89. The number of benzene rings is 1. The molecule has 0 bridgehead atoms. The van der Waals surface area contributed by atoms with Crippen LogP contribution in [0.1, 0.15) is 5.56 Å². The van der Waals surface area contributed by atoms with Gasteiger partial charge in [-0.15, -0.1) is 0 Å². The van der Waals surface area contributed by atoms with Crippen LogP contribution in [0.2, 0.25) is 0 Å². The van der Waals surface area contributed by atoms with E-state index in [2.05, 4.69) is 9.97 Å². The molecule has 94 valence electrons. The predicted molar refractivity (Wildman–Crippen MR) is 65.8 cm³/mol. The Hall–Kier alpha value is -2.08. The minimum Gasteiger partial charge on any atom is -0.443 e. The first kappa shape index (κ1) is 11.0. The summed E-state index contributed by atoms with van der Waals surface area (Å²) >= 11 is 0. The van der Waals surface area contributed by atoms with Gasteiger partial charge in [-0.3, -0.25) is 0 Å². The van der Waals surface area contributed by atoms with Crippen LogP contribution < -0.4 is 5.73 Å². The highest BCUT2D eigenvalue weighted by Gasteiger charge is 2.29. The molecule has 1 aromatic carbocycles. The molecule has 18 heavy (non-hydrogen) atoms. The molecular formula is C12H14N4O2. The van der Waals surface area contributed by atoms with Crippen LogP contribution in [0.25, 0.3) is 11.0 Å². The number of aromatic amines is 1. The molecule has 6 nitrogen and oxygen atoms in total. The van der Waals surface area contributed by atoms with Gasteiger partial charge in [0, 0.05) is 13.1 Å². The zero-order valence-electron chi connectivity index (χ0n) is 9.80. The van der Waals surface area contributed by atoms with Gasteiger partial charge in [0.25, 0.3) is 0 Å². The van der Waals surface area contributed by atoms with E-state index >= 15 is 0 Å². The Balaban J connectivity index is 1.77. The van der Waals surface area contributed by atoms with Crippen LogP contribution in [0.3, 0.4) is 0 Å². The Morgan fingerprint density at radius 1 is 1.56 bits per heavy atom. The van der Waals surface area contributed by atoms with Crippen molar-refractivity contribution in [3.63, 3.8) is 0 Å². The quantitative estimate of drug-likeness (QED) is 0.840. The summed E-state index contributed by atoms with van der Waals surface area (Å²) in [5.74, 6) is 0. The van der Waals surface area contributed by atoms with Gasteiger partial charge in [-0.1, -0.05) is 6.07 Å². The summed E-state index contributed by atoms with van der Waals surface area (Å²) in [6.45, 7) is 1.45. The Labute approximate surface area is 104 Å². The largest absolute Gasteiger partial charge is 0.443 e. The average molecular weight is 246 g/mol. The molecule has 1 aliphatic heterocycles. The summed E-state index contributed by atoms with van der Waals surface area (Å²) < 4.78 is 5.11. The normalized spacial score (nSPS) is 19.5. The van der Waals surface area contributed by atoms with Crippen LogP contribution >= 0.6 is 0 Å². The third kappa shape index (κ3) is 1.91. The number of hydrogen-bond donors (Lipinski definition) is 2. The van der Waals surface area contributed by atoms with Gasteiger partial charge >= 0.3 is 6.09 Å². The third-order valence-corrected chi connectivity index (χ3v) is 3.07. The van der Waals surface area contributed by atoms with Gasteiger partial charge in [-0.25, -0.2) is 9.78 Å². The van der Waals surface area contributed by atoms with Crippen molar-refractivity contribution in [2.24, 2.45) is 5.73 Å². The van der Waals surface area contributed by atoms with Crippen molar-refractivity contribution in [2.75, 3.05) is 13.1 Å². The van der Waals surface area contributed by atoms with E-state index < -0.39 is 0 Å². The van der Waals surface area contributed by atoms with Gasteiger partial charge in [0.05, 0.1) is 23.9 Å². The number of carbonyl (C=O) groups is 1. The average Bonchev–Trinajstić information content (AvgIpc) is 2.96. The van der Waals surface area contributed by atoms with Crippen LogP contribution in [0.5, 0.6) is 0 Å². The maximum atomic E-state index is 11.6. The monoisotopic (exact) mass is 246 g/mol. The maximum absolute atomic E-state index is 11.6. The second-order valence-corrected chi connectivity index (χ2v) is 4.38. The van der Waals surface area contributed by atoms with Gasteiger partial charge in [0.15, 0.2) is 0 Å². The van der Waals surface area contributed by atoms with Gasteiger partial charge < -0.3 is 20.4 Å². The first-order chi connectivity index (χ1) is 8.76. The van der Waals surface area contributed by atoms with Crippen molar-refractivity contribution in [2.45, 2.75) is 12.6 Å². The van der Waals surface area contributed by atoms with Crippen molar-refractivity contribution in [1.29, 1.82) is 0 Å². The molecule has 0 spiro atoms. The number of carbonyl (C=O) groups excluding carboxylic acids is 1. The Morgan fingerprint density at radius 3 is 3.22 bits per heavy atom. The molecule has 3 rings (SSSR count). The van der Waals surface area contributed by atoms with Crippen LogP contribution in [0, 0.1) is 0 Å². The minimum absolute atomic E-state index is 0.187. The molecule has 1 amide bonds. The number of imidazole rings is 1. The number of rotatable bonds is 3. The third-order valence-electron chi connectivity index (χ3n) is 3.07. The van der Waals surface area contributed by atoms with Crippen LogP contribution in [0.4, 0.5) is 4.79 Å². The number of aromatic nitrogens is 2. The maximum Gasteiger partial charge on any atom is 0.410 e. The highest BCUT2D eigenvalue weighted by Crippen LogP contribution is 2.17. The van der Waals surface area contributed by atoms with E-state index in [0.717, 1.165) is 16.6 Å². The van der Waals surface area contributed by atoms with E-state index in [1.54, 1.807) is 11.2 Å². The van der Waals surface area contributed by atoms with Crippen LogP contribution in [-0.4, -0.2) is 40.2 Å². The number of nitrogens with two attached hydrogens (primary N) is 1. The van der Waals surface area contributed by atoms with E-state index in [-0.39, 0.29) is 12.2 Å². The molecule has 1 fully saturated rings. The summed E-state index contributed by atoms with van der Waals surface area (Å²) in [5, 5.41) is 0. The molecule has 2 heterocycles. The number of nitrogens with zero attached hydrogens (tertiary/aromatic N) is 2. The summed E-state index contributed by atoms with van der Waals surface area (Å²) in [4.78, 5) is 20.5. The summed E-state index contributed by atoms with van der Waals surface area (Å²) in [6.07, 6.45) is 1.17. The number of amides is 1. The number of H-pyrrole nitrogens is 1. The molecule has 6 heteroatoms. The van der Waals surface area contributed by atoms with Crippen LogP contribution in [-0.2, 0) is 11.3 Å². The van der Waals surface area contributed by atoms with Gasteiger partial charge in [-0.2, -0.15) is 0 Å². The molecular weight excluding hydrogens is 232 g/mol. The van der Waals surface area contributed by atoms with E-state index in [1.165, 1.54) is 0 Å². The molecule has 0 aliphatic carbocycles. The van der Waals surface area contributed by atoms with Gasteiger partial charge in [-0.05, 0) is 17.7 Å². The lowest BCUT2D eigenvalue weighted by Gasteiger charge is -2.12. The second-order valence-electron chi connectivity index (χ2n) is 4.38. The van der Waals surface area contributed by atoms with Gasteiger partial charge in [0.1, 0.15) is 6.10 Å². The smallest absolute Gasteiger partial charge is 0.410 e. The van der Waals surface area contributed by atoms with Crippen molar-refractivity contribution in [3.05, 3.63) is 30.1 Å². The highest BCUT2D eigenvalue weighted by molar-refractivity contribution is 5.75. The number of hydrogen-bond acceptors (Lipinski definition) is 4. The fourth-order valence-electron chi connectivity index (χ4n) is 2.13. The highest BCUT2D eigenvalue weighted by atomic mass is 16.6. The number of ether oxygens (including phenoxy) is 1. The Kier molecular flexibility index (Phi) is 2.64. The predicted octanol–water partition coefficient (Wildman–Crippen LogP) is 0.842. The SMILES string of the molecule is NCC1CN(Cc2ccc3nc[nH]c3c2)C(=O)O1. The molecule has 0 radical (unpaired) electrons. The van der Waals surface area contributed by atoms with Crippen LogP contribution in [0.15, 0.2) is 24.5 Å². The van der Waals surface area contributed by atoms with E-state index in [0.29, 0.717) is 19.6 Å². The van der Waals surface area contributed by atoms with Gasteiger partial charge in [0.2, 0.25) is 0 Å². The molecule has 3 N–H and O–H groups in total. The molecule has 0 saturated carbocycles. The van der Waals surface area contributed by atoms with Crippen molar-refractivity contribution in [1.82, 2.24) is 14.9 Å². The van der Waals surface area contributed by atoms with Crippen molar-refractivity contribution >= 4 is 17.1 Å². The van der Waals surface area contributed by atoms with E-state index in [4.69, 9.17) is 10.5 Å². The fourth-order valence-corrected chi connectivity index (χ4v) is 2.13. The number of cyclic esters (lactones) is 1. The first-order valence-corrected chi connectivity index (χ1v) is 5.84. The summed E-state index contributed by atoms with van der Waals surface area (Å²) in [7, 11) is 0. The number of nitrogens with one attached hydrogen (secondary N) is 1. The topological polar surface area (TPSA) is 84.2 Å². The Morgan fingerprint density at radius 2 is 2.44 bits per heavy atom. The van der Waals surface area contributed by atoms with E-state index in [1.807, 2.05) is 18.2 Å². The minimum atomic E-state index is -0.296. The lowest BCUT2D eigenvalue weighted by molar-refractivity contribution is 0.134. The molecule has 2 aromatic rings. The lowest BCUT2D eigenvalue weighted by Crippen LogP contribution is -2.27. The molecule has 1 saturated heterocycles. The Bertz CT molecular complexity index is 580. The molecule has 1 atom stereocenters. The molecule has 1 unspecified atom stereocenters. The van der Waals surface area contributed by atoms with Crippen molar-refractivity contribution in [3.8, 4) is 0 Å². The molecule has 1 aliphatic rings. The fraction of sp³-hybridized carbons (Fsp3) is 0.333. The van der Waals surface area contributed by atoms with Crippen molar-refractivity contribution < 1.29 is 9.53 Å². The summed E-state index contributed by atoms with van der Waals surface area (Å²) in [5.41, 5.74) is 8.42. The lowest BCUT2D eigenvalue weighted by atomic mass is 10.2. The van der Waals surface area contributed by atoms with E-state index in [9.17, 15) is 4.79 Å². The second kappa shape index (κ2) is 4.30.